The van der Waals surface area contributed by atoms with Gasteiger partial charge >= 0.3 is 0 Å². The first-order chi connectivity index (χ1) is 10.4. The monoisotopic (exact) mass is 269 g/mol. The highest BCUT2D eigenvalue weighted by atomic mass is 14.7. The molecular weight excluding hydrogens is 254 g/mol. The Hall–Kier alpha value is -2.67. The largest absolute Gasteiger partial charge is 0.268 e. The van der Waals surface area contributed by atoms with Crippen molar-refractivity contribution in [3.63, 3.8) is 0 Å². The number of fused-ring (bicyclic) bond motifs is 1. The van der Waals surface area contributed by atoms with Crippen molar-refractivity contribution >= 4 is 22.6 Å². The van der Waals surface area contributed by atoms with Crippen molar-refractivity contribution in [2.24, 2.45) is 4.99 Å². The standard InChI is InChI=1S/C20H15N/c1-2-6-15(7-3-1)18-10-4-8-16-9-5-11-19(20(16)18)17-12-13-21-14-17/h1-11,13-14H,12H2. The molecule has 0 bridgehead atoms. The van der Waals surface area contributed by atoms with Crippen molar-refractivity contribution in [2.75, 3.05) is 0 Å². The molecule has 100 valence electrons. The van der Waals surface area contributed by atoms with Crippen molar-refractivity contribution in [2.45, 2.75) is 6.42 Å². The van der Waals surface area contributed by atoms with Crippen molar-refractivity contribution in [1.82, 2.24) is 0 Å². The molecule has 0 unspecified atom stereocenters. The van der Waals surface area contributed by atoms with Crippen LogP contribution in [0.5, 0.6) is 0 Å². The highest BCUT2D eigenvalue weighted by Crippen LogP contribution is 2.35. The van der Waals surface area contributed by atoms with E-state index in [1.165, 1.54) is 33.0 Å². The van der Waals surface area contributed by atoms with Crippen molar-refractivity contribution in [3.8, 4) is 11.1 Å². The molecule has 0 fully saturated rings. The first-order valence-corrected chi connectivity index (χ1v) is 7.22. The van der Waals surface area contributed by atoms with E-state index < -0.39 is 0 Å². The molecule has 1 aliphatic heterocycles. The summed E-state index contributed by atoms with van der Waals surface area (Å²) >= 11 is 0. The van der Waals surface area contributed by atoms with E-state index in [9.17, 15) is 0 Å². The van der Waals surface area contributed by atoms with E-state index in [1.54, 1.807) is 0 Å². The fraction of sp³-hybridized carbons (Fsp3) is 0.0500. The molecule has 21 heavy (non-hydrogen) atoms. The van der Waals surface area contributed by atoms with E-state index in [1.807, 2.05) is 12.4 Å². The van der Waals surface area contributed by atoms with E-state index >= 15 is 0 Å². The van der Waals surface area contributed by atoms with Gasteiger partial charge in [-0.3, -0.25) is 4.99 Å². The fourth-order valence-electron chi connectivity index (χ4n) is 2.99. The van der Waals surface area contributed by atoms with E-state index in [0.29, 0.717) is 0 Å². The summed E-state index contributed by atoms with van der Waals surface area (Å²) in [6.45, 7) is 0. The summed E-state index contributed by atoms with van der Waals surface area (Å²) in [5, 5.41) is 2.60. The van der Waals surface area contributed by atoms with Crippen LogP contribution in [0, 0.1) is 0 Å². The Labute approximate surface area is 124 Å². The zero-order valence-electron chi connectivity index (χ0n) is 11.7. The van der Waals surface area contributed by atoms with Gasteiger partial charge < -0.3 is 0 Å². The number of rotatable bonds is 2. The molecule has 0 N–H and O–H groups in total. The Morgan fingerprint density at radius 3 is 2.19 bits per heavy atom. The molecule has 0 aromatic heterocycles. The van der Waals surface area contributed by atoms with Gasteiger partial charge in [0.25, 0.3) is 0 Å². The lowest BCUT2D eigenvalue weighted by Gasteiger charge is -2.12. The van der Waals surface area contributed by atoms with Crippen molar-refractivity contribution in [1.29, 1.82) is 0 Å². The van der Waals surface area contributed by atoms with Crippen LogP contribution in [0.2, 0.25) is 0 Å². The minimum atomic E-state index is 0.919. The molecule has 3 aromatic rings. The Morgan fingerprint density at radius 2 is 1.48 bits per heavy atom. The van der Waals surface area contributed by atoms with Crippen molar-refractivity contribution < 1.29 is 0 Å². The van der Waals surface area contributed by atoms with Crippen LogP contribution in [0.1, 0.15) is 12.0 Å². The number of aliphatic imine (C=N–C) groups is 1. The van der Waals surface area contributed by atoms with E-state index in [0.717, 1.165) is 6.42 Å². The lowest BCUT2D eigenvalue weighted by Crippen LogP contribution is -1.89. The fourth-order valence-corrected chi connectivity index (χ4v) is 2.99. The van der Waals surface area contributed by atoms with Gasteiger partial charge in [-0.2, -0.15) is 0 Å². The molecule has 1 nitrogen and oxygen atoms in total. The first kappa shape index (κ1) is 12.1. The van der Waals surface area contributed by atoms with Gasteiger partial charge in [-0.25, -0.2) is 0 Å². The summed E-state index contributed by atoms with van der Waals surface area (Å²) in [6, 6.07) is 23.6. The highest BCUT2D eigenvalue weighted by Gasteiger charge is 2.12. The minimum Gasteiger partial charge on any atom is -0.268 e. The summed E-state index contributed by atoms with van der Waals surface area (Å²) in [7, 11) is 0. The smallest absolute Gasteiger partial charge is 0.0306 e. The molecule has 1 aliphatic rings. The summed E-state index contributed by atoms with van der Waals surface area (Å²) in [6.07, 6.45) is 4.87. The van der Waals surface area contributed by atoms with Crippen LogP contribution < -0.4 is 0 Å². The maximum atomic E-state index is 4.26. The first-order valence-electron chi connectivity index (χ1n) is 7.22. The van der Waals surface area contributed by atoms with Gasteiger partial charge in [0.2, 0.25) is 0 Å². The van der Waals surface area contributed by atoms with Crippen LogP contribution in [0.3, 0.4) is 0 Å². The second-order valence-corrected chi connectivity index (χ2v) is 5.27. The van der Waals surface area contributed by atoms with E-state index in [2.05, 4.69) is 71.7 Å². The second kappa shape index (κ2) is 5.02. The van der Waals surface area contributed by atoms with Crippen LogP contribution in [0.15, 0.2) is 77.9 Å². The van der Waals surface area contributed by atoms with Crippen molar-refractivity contribution in [3.05, 3.63) is 78.5 Å². The number of allylic oxidation sites excluding steroid dienone is 1. The molecule has 0 saturated heterocycles. The normalized spacial score (nSPS) is 13.6. The molecular formula is C20H15N. The summed E-state index contributed by atoms with van der Waals surface area (Å²) in [5.74, 6) is 0. The molecule has 0 saturated carbocycles. The van der Waals surface area contributed by atoms with Crippen LogP contribution in [0.25, 0.3) is 27.5 Å². The molecule has 0 spiro atoms. The SMILES string of the molecule is C1=NC=C(c2cccc3cccc(-c4ccccc4)c23)C1. The Kier molecular flexibility index (Phi) is 2.89. The predicted octanol–water partition coefficient (Wildman–Crippen LogP) is 5.32. The molecule has 1 heteroatoms. The molecule has 1 heterocycles. The number of hydrogen-bond acceptors (Lipinski definition) is 1. The quantitative estimate of drug-likeness (QED) is 0.597. The van der Waals surface area contributed by atoms with Gasteiger partial charge in [-0.05, 0) is 33.0 Å². The van der Waals surface area contributed by atoms with E-state index in [-0.39, 0.29) is 0 Å². The summed E-state index contributed by atoms with van der Waals surface area (Å²) < 4.78 is 0. The van der Waals surface area contributed by atoms with Gasteiger partial charge in [-0.15, -0.1) is 0 Å². The molecule has 0 aliphatic carbocycles. The lowest BCUT2D eigenvalue weighted by molar-refractivity contribution is 1.55. The molecule has 3 aromatic carbocycles. The number of benzene rings is 3. The number of nitrogens with zero attached hydrogens (tertiary/aromatic N) is 1. The zero-order chi connectivity index (χ0) is 14.1. The Bertz CT molecular complexity index is 852. The average molecular weight is 269 g/mol. The predicted molar refractivity (Wildman–Crippen MR) is 90.5 cm³/mol. The van der Waals surface area contributed by atoms with Crippen LogP contribution >= 0.6 is 0 Å². The molecule has 0 radical (unpaired) electrons. The molecule has 0 amide bonds. The molecule has 0 atom stereocenters. The van der Waals surface area contributed by atoms with Crippen LogP contribution in [0.4, 0.5) is 0 Å². The van der Waals surface area contributed by atoms with E-state index in [4.69, 9.17) is 0 Å². The maximum Gasteiger partial charge on any atom is 0.0306 e. The third kappa shape index (κ3) is 2.07. The van der Waals surface area contributed by atoms with Gasteiger partial charge in [-0.1, -0.05) is 66.7 Å². The summed E-state index contributed by atoms with van der Waals surface area (Å²) in [4.78, 5) is 4.26. The van der Waals surface area contributed by atoms with Gasteiger partial charge in [0, 0.05) is 18.8 Å². The minimum absolute atomic E-state index is 0.919. The van der Waals surface area contributed by atoms with Gasteiger partial charge in [0.15, 0.2) is 0 Å². The number of hydrogen-bond donors (Lipinski definition) is 0. The highest BCUT2D eigenvalue weighted by molar-refractivity contribution is 6.05. The zero-order valence-corrected chi connectivity index (χ0v) is 11.7. The van der Waals surface area contributed by atoms with Crippen LogP contribution in [-0.4, -0.2) is 6.21 Å². The maximum absolute atomic E-state index is 4.26. The third-order valence-electron chi connectivity index (χ3n) is 3.98. The third-order valence-corrected chi connectivity index (χ3v) is 3.98. The average Bonchev–Trinajstić information content (AvgIpc) is 3.09. The Morgan fingerprint density at radius 1 is 0.714 bits per heavy atom. The lowest BCUT2D eigenvalue weighted by atomic mass is 9.91. The molecule has 4 rings (SSSR count). The topological polar surface area (TPSA) is 12.4 Å². The second-order valence-electron chi connectivity index (χ2n) is 5.27. The van der Waals surface area contributed by atoms with Gasteiger partial charge in [0.05, 0.1) is 0 Å². The van der Waals surface area contributed by atoms with Crippen LogP contribution in [-0.2, 0) is 0 Å². The Balaban J connectivity index is 2.04. The van der Waals surface area contributed by atoms with Gasteiger partial charge in [0.1, 0.15) is 0 Å². The summed E-state index contributed by atoms with van der Waals surface area (Å²) in [5.41, 5.74) is 5.14.